The Balaban J connectivity index is 1.53. The van der Waals surface area contributed by atoms with Crippen LogP contribution in [0.1, 0.15) is 44.4 Å². The third kappa shape index (κ3) is 3.61. The summed E-state index contributed by atoms with van der Waals surface area (Å²) in [6.45, 7) is 6.34. The van der Waals surface area contributed by atoms with E-state index in [2.05, 4.69) is 20.4 Å². The summed E-state index contributed by atoms with van der Waals surface area (Å²) in [5, 5.41) is 6.75. The van der Waals surface area contributed by atoms with Crippen molar-refractivity contribution < 1.29 is 14.0 Å². The molecular weight excluding hydrogens is 308 g/mol. The molecule has 7 heteroatoms. The summed E-state index contributed by atoms with van der Waals surface area (Å²) in [7, 11) is 0. The third-order valence-electron chi connectivity index (χ3n) is 3.66. The van der Waals surface area contributed by atoms with Gasteiger partial charge in [-0.1, -0.05) is 25.9 Å². The first-order valence-corrected chi connectivity index (χ1v) is 7.79. The lowest BCUT2D eigenvalue weighted by Gasteiger charge is -2.13. The van der Waals surface area contributed by atoms with Crippen LogP contribution < -0.4 is 5.32 Å². The van der Waals surface area contributed by atoms with Crippen LogP contribution in [0.15, 0.2) is 40.3 Å². The molecule has 3 heterocycles. The van der Waals surface area contributed by atoms with Gasteiger partial charge in [0.05, 0.1) is 18.5 Å². The van der Waals surface area contributed by atoms with Crippen molar-refractivity contribution in [1.29, 1.82) is 0 Å². The molecule has 0 aromatic carbocycles. The number of nitrogens with zero attached hydrogens (tertiary/aromatic N) is 3. The molecule has 7 nitrogen and oxygen atoms in total. The van der Waals surface area contributed by atoms with E-state index in [1.54, 1.807) is 18.6 Å². The Morgan fingerprint density at radius 1 is 1.38 bits per heavy atom. The summed E-state index contributed by atoms with van der Waals surface area (Å²) in [6.07, 6.45) is 4.85. The molecular formula is C17H20N4O3. The number of amides is 1. The molecule has 0 radical (unpaired) electrons. The Kier molecular flexibility index (Phi) is 4.33. The second-order valence-corrected chi connectivity index (χ2v) is 6.66. The maximum Gasteiger partial charge on any atom is 0.264 e. The molecule has 0 spiro atoms. The minimum atomic E-state index is -0.641. The van der Waals surface area contributed by atoms with Crippen molar-refractivity contribution in [2.24, 2.45) is 5.16 Å². The Bertz CT molecular complexity index is 747. The number of aromatic nitrogens is 2. The molecule has 1 aliphatic rings. The normalized spacial score (nSPS) is 17.3. The average Bonchev–Trinajstić information content (AvgIpc) is 3.22. The highest BCUT2D eigenvalue weighted by molar-refractivity contribution is 6.03. The fourth-order valence-corrected chi connectivity index (χ4v) is 2.24. The molecule has 0 aliphatic carbocycles. The molecule has 3 rings (SSSR count). The molecule has 1 aliphatic heterocycles. The van der Waals surface area contributed by atoms with E-state index in [9.17, 15) is 4.79 Å². The molecule has 1 amide bonds. The lowest BCUT2D eigenvalue weighted by atomic mass is 9.94. The van der Waals surface area contributed by atoms with Gasteiger partial charge >= 0.3 is 0 Å². The Hall–Kier alpha value is -2.70. The number of nitrogens with one attached hydrogen (secondary N) is 1. The molecule has 0 saturated carbocycles. The third-order valence-corrected chi connectivity index (χ3v) is 3.66. The zero-order chi connectivity index (χ0) is 17.2. The summed E-state index contributed by atoms with van der Waals surface area (Å²) in [6, 6.07) is 3.71. The zero-order valence-electron chi connectivity index (χ0n) is 13.9. The fourth-order valence-electron chi connectivity index (χ4n) is 2.24. The standard InChI is InChI=1S/C17H20N4O3/c1-17(2,3)14-9-19-15(23-14)10-20-16(22)13-7-12(21-24-13)11-5-4-6-18-8-11/h4-6,8-9,13H,7,10H2,1-3H3,(H,20,22)/t13-/m1/s1. The number of hydrogen-bond acceptors (Lipinski definition) is 6. The van der Waals surface area contributed by atoms with E-state index in [1.807, 2.05) is 32.9 Å². The van der Waals surface area contributed by atoms with Gasteiger partial charge < -0.3 is 14.6 Å². The highest BCUT2D eigenvalue weighted by Gasteiger charge is 2.29. The van der Waals surface area contributed by atoms with Crippen molar-refractivity contribution in [1.82, 2.24) is 15.3 Å². The smallest absolute Gasteiger partial charge is 0.264 e. The molecule has 2 aromatic rings. The van der Waals surface area contributed by atoms with E-state index < -0.39 is 6.10 Å². The number of carbonyl (C=O) groups is 1. The minimum absolute atomic E-state index is 0.115. The summed E-state index contributed by atoms with van der Waals surface area (Å²) < 4.78 is 5.65. The molecule has 0 unspecified atom stereocenters. The predicted octanol–water partition coefficient (Wildman–Crippen LogP) is 2.18. The quantitative estimate of drug-likeness (QED) is 0.929. The van der Waals surface area contributed by atoms with Crippen LogP contribution in [0.5, 0.6) is 0 Å². The van der Waals surface area contributed by atoms with Crippen LogP contribution in [0.3, 0.4) is 0 Å². The maximum atomic E-state index is 12.2. The highest BCUT2D eigenvalue weighted by atomic mass is 16.6. The number of carbonyl (C=O) groups excluding carboxylic acids is 1. The number of hydrogen-bond donors (Lipinski definition) is 1. The minimum Gasteiger partial charge on any atom is -0.443 e. The van der Waals surface area contributed by atoms with Gasteiger partial charge in [0.15, 0.2) is 0 Å². The lowest BCUT2D eigenvalue weighted by Crippen LogP contribution is -2.34. The zero-order valence-corrected chi connectivity index (χ0v) is 13.9. The fraction of sp³-hybridized carbons (Fsp3) is 0.412. The predicted molar refractivity (Wildman–Crippen MR) is 87.3 cm³/mol. The summed E-state index contributed by atoms with van der Waals surface area (Å²) >= 11 is 0. The Morgan fingerprint density at radius 2 is 2.21 bits per heavy atom. The lowest BCUT2D eigenvalue weighted by molar-refractivity contribution is -0.131. The largest absolute Gasteiger partial charge is 0.443 e. The maximum absolute atomic E-state index is 12.2. The van der Waals surface area contributed by atoms with E-state index in [4.69, 9.17) is 9.25 Å². The van der Waals surface area contributed by atoms with Gasteiger partial charge in [-0.3, -0.25) is 9.78 Å². The van der Waals surface area contributed by atoms with Crippen molar-refractivity contribution in [3.63, 3.8) is 0 Å². The number of oxime groups is 1. The molecule has 1 N–H and O–H groups in total. The van der Waals surface area contributed by atoms with E-state index >= 15 is 0 Å². The molecule has 1 atom stereocenters. The van der Waals surface area contributed by atoms with Gasteiger partial charge in [0.25, 0.3) is 5.91 Å². The Labute approximate surface area is 140 Å². The van der Waals surface area contributed by atoms with Crippen molar-refractivity contribution in [3.8, 4) is 0 Å². The van der Waals surface area contributed by atoms with Crippen LogP contribution in [-0.2, 0) is 21.6 Å². The summed E-state index contributed by atoms with van der Waals surface area (Å²) in [4.78, 5) is 25.7. The second-order valence-electron chi connectivity index (χ2n) is 6.66. The molecule has 0 fully saturated rings. The van der Waals surface area contributed by atoms with E-state index in [1.165, 1.54) is 0 Å². The van der Waals surface area contributed by atoms with Crippen LogP contribution in [0.4, 0.5) is 0 Å². The summed E-state index contributed by atoms with van der Waals surface area (Å²) in [5.74, 6) is 1.01. The van der Waals surface area contributed by atoms with Gasteiger partial charge in [0.1, 0.15) is 5.76 Å². The van der Waals surface area contributed by atoms with Gasteiger partial charge in [-0.15, -0.1) is 0 Å². The van der Waals surface area contributed by atoms with Crippen LogP contribution >= 0.6 is 0 Å². The molecule has 0 saturated heterocycles. The van der Waals surface area contributed by atoms with Gasteiger partial charge in [0, 0.05) is 29.8 Å². The van der Waals surface area contributed by atoms with Crippen LogP contribution in [-0.4, -0.2) is 27.7 Å². The van der Waals surface area contributed by atoms with Crippen LogP contribution in [0.2, 0.25) is 0 Å². The second kappa shape index (κ2) is 6.43. The van der Waals surface area contributed by atoms with Gasteiger partial charge in [-0.05, 0) is 12.1 Å². The molecule has 24 heavy (non-hydrogen) atoms. The van der Waals surface area contributed by atoms with Crippen LogP contribution in [0.25, 0.3) is 0 Å². The molecule has 0 bridgehead atoms. The van der Waals surface area contributed by atoms with Crippen molar-refractivity contribution >= 4 is 11.6 Å². The first kappa shape index (κ1) is 16.2. The van der Waals surface area contributed by atoms with E-state index in [-0.39, 0.29) is 17.9 Å². The van der Waals surface area contributed by atoms with E-state index in [0.29, 0.717) is 12.3 Å². The van der Waals surface area contributed by atoms with Gasteiger partial charge in [0.2, 0.25) is 12.0 Å². The molecule has 2 aromatic heterocycles. The Morgan fingerprint density at radius 3 is 2.88 bits per heavy atom. The SMILES string of the molecule is CC(C)(C)c1cnc(CNC(=O)[C@H]2CC(c3cccnc3)=NO2)o1. The highest BCUT2D eigenvalue weighted by Crippen LogP contribution is 2.22. The average molecular weight is 328 g/mol. The van der Waals surface area contributed by atoms with Gasteiger partial charge in [-0.25, -0.2) is 4.98 Å². The first-order valence-electron chi connectivity index (χ1n) is 7.79. The topological polar surface area (TPSA) is 89.6 Å². The first-order chi connectivity index (χ1) is 11.4. The molecule has 126 valence electrons. The monoisotopic (exact) mass is 328 g/mol. The van der Waals surface area contributed by atoms with Crippen LogP contribution in [0, 0.1) is 0 Å². The van der Waals surface area contributed by atoms with E-state index in [0.717, 1.165) is 17.0 Å². The summed E-state index contributed by atoms with van der Waals surface area (Å²) in [5.41, 5.74) is 1.46. The van der Waals surface area contributed by atoms with Crippen molar-refractivity contribution in [2.45, 2.75) is 45.3 Å². The van der Waals surface area contributed by atoms with Gasteiger partial charge in [-0.2, -0.15) is 0 Å². The van der Waals surface area contributed by atoms with Crippen molar-refractivity contribution in [3.05, 3.63) is 47.9 Å². The number of oxazole rings is 1. The number of pyridine rings is 1. The number of rotatable bonds is 4. The van der Waals surface area contributed by atoms with Crippen molar-refractivity contribution in [2.75, 3.05) is 0 Å².